The van der Waals surface area contributed by atoms with Crippen LogP contribution in [0.25, 0.3) is 0 Å². The molecule has 1 amide bonds. The SMILES string of the molecule is CN(Cc1ccccc1NCc1cnco1)C(=O)OC(C)(C)C. The van der Waals surface area contributed by atoms with Gasteiger partial charge in [-0.3, -0.25) is 0 Å². The molecular formula is C17H23N3O3. The lowest BCUT2D eigenvalue weighted by atomic mass is 10.1. The van der Waals surface area contributed by atoms with Crippen LogP contribution in [0.1, 0.15) is 32.1 Å². The van der Waals surface area contributed by atoms with Crippen molar-refractivity contribution in [2.75, 3.05) is 12.4 Å². The lowest BCUT2D eigenvalue weighted by Gasteiger charge is -2.25. The number of para-hydroxylation sites is 1. The Bertz CT molecular complexity index is 633. The average molecular weight is 317 g/mol. The summed E-state index contributed by atoms with van der Waals surface area (Å²) < 4.78 is 10.6. The smallest absolute Gasteiger partial charge is 0.410 e. The molecule has 1 aromatic heterocycles. The molecule has 0 aliphatic rings. The average Bonchev–Trinajstić information content (AvgIpc) is 2.98. The maximum Gasteiger partial charge on any atom is 0.410 e. The van der Waals surface area contributed by atoms with Gasteiger partial charge in [0.25, 0.3) is 0 Å². The Morgan fingerprint density at radius 3 is 2.74 bits per heavy atom. The van der Waals surface area contributed by atoms with Crippen molar-refractivity contribution in [1.29, 1.82) is 0 Å². The molecule has 0 radical (unpaired) electrons. The highest BCUT2D eigenvalue weighted by Crippen LogP contribution is 2.19. The fraction of sp³-hybridized carbons (Fsp3) is 0.412. The van der Waals surface area contributed by atoms with Gasteiger partial charge in [-0.25, -0.2) is 9.78 Å². The number of carbonyl (C=O) groups is 1. The molecule has 6 heteroatoms. The Labute approximate surface area is 136 Å². The predicted molar refractivity (Wildman–Crippen MR) is 88.0 cm³/mol. The summed E-state index contributed by atoms with van der Waals surface area (Å²) in [5.74, 6) is 0.750. The Morgan fingerprint density at radius 1 is 1.35 bits per heavy atom. The lowest BCUT2D eigenvalue weighted by molar-refractivity contribution is 0.0285. The molecule has 0 atom stereocenters. The molecule has 0 bridgehead atoms. The standard InChI is InChI=1S/C17H23N3O3/c1-17(2,3)23-16(21)20(4)11-13-7-5-6-8-15(13)19-10-14-9-18-12-22-14/h5-9,12,19H,10-11H2,1-4H3. The molecule has 6 nitrogen and oxygen atoms in total. The van der Waals surface area contributed by atoms with Crippen molar-refractivity contribution < 1.29 is 13.9 Å². The predicted octanol–water partition coefficient (Wildman–Crippen LogP) is 3.65. The first-order valence-corrected chi connectivity index (χ1v) is 7.48. The van der Waals surface area contributed by atoms with E-state index in [0.29, 0.717) is 13.1 Å². The van der Waals surface area contributed by atoms with Gasteiger partial charge in [-0.15, -0.1) is 0 Å². The number of hydrogen-bond acceptors (Lipinski definition) is 5. The number of anilines is 1. The second kappa shape index (κ2) is 7.17. The van der Waals surface area contributed by atoms with E-state index in [2.05, 4.69) is 10.3 Å². The van der Waals surface area contributed by atoms with Gasteiger partial charge in [0.05, 0.1) is 19.3 Å². The van der Waals surface area contributed by atoms with Crippen LogP contribution in [0.15, 0.2) is 41.3 Å². The summed E-state index contributed by atoms with van der Waals surface area (Å²) in [4.78, 5) is 17.5. The van der Waals surface area contributed by atoms with Crippen molar-refractivity contribution in [3.05, 3.63) is 48.2 Å². The molecule has 0 saturated carbocycles. The molecule has 0 saturated heterocycles. The van der Waals surface area contributed by atoms with Gasteiger partial charge in [-0.05, 0) is 32.4 Å². The summed E-state index contributed by atoms with van der Waals surface area (Å²) in [6.45, 7) is 6.55. The highest BCUT2D eigenvalue weighted by atomic mass is 16.6. The Kier molecular flexibility index (Phi) is 5.26. The minimum absolute atomic E-state index is 0.345. The van der Waals surface area contributed by atoms with Crippen molar-refractivity contribution >= 4 is 11.8 Å². The highest BCUT2D eigenvalue weighted by Gasteiger charge is 2.20. The first-order valence-electron chi connectivity index (χ1n) is 7.48. The molecule has 0 spiro atoms. The number of rotatable bonds is 5. The van der Waals surface area contributed by atoms with E-state index < -0.39 is 5.60 Å². The summed E-state index contributed by atoms with van der Waals surface area (Å²) in [7, 11) is 1.72. The summed E-state index contributed by atoms with van der Waals surface area (Å²) in [6.07, 6.45) is 2.73. The Morgan fingerprint density at radius 2 is 2.09 bits per heavy atom. The van der Waals surface area contributed by atoms with Crippen LogP contribution in [0.4, 0.5) is 10.5 Å². The maximum absolute atomic E-state index is 12.1. The maximum atomic E-state index is 12.1. The molecule has 1 heterocycles. The van der Waals surface area contributed by atoms with Crippen LogP contribution < -0.4 is 5.32 Å². The van der Waals surface area contributed by atoms with E-state index in [1.807, 2.05) is 45.0 Å². The summed E-state index contributed by atoms with van der Waals surface area (Å²) >= 11 is 0. The van der Waals surface area contributed by atoms with Gasteiger partial charge in [0, 0.05) is 12.7 Å². The van der Waals surface area contributed by atoms with Crippen LogP contribution in [-0.2, 0) is 17.8 Å². The van der Waals surface area contributed by atoms with Crippen molar-refractivity contribution in [3.8, 4) is 0 Å². The molecular weight excluding hydrogens is 294 g/mol. The Balaban J connectivity index is 2.00. The van der Waals surface area contributed by atoms with Crippen LogP contribution in [0.5, 0.6) is 0 Å². The monoisotopic (exact) mass is 317 g/mol. The molecule has 0 aliphatic carbocycles. The van der Waals surface area contributed by atoms with E-state index in [1.165, 1.54) is 6.39 Å². The first-order chi connectivity index (χ1) is 10.8. The summed E-state index contributed by atoms with van der Waals surface area (Å²) in [5.41, 5.74) is 1.44. The number of carbonyl (C=O) groups excluding carboxylic acids is 1. The van der Waals surface area contributed by atoms with Gasteiger partial charge in [-0.1, -0.05) is 18.2 Å². The zero-order valence-electron chi connectivity index (χ0n) is 14.0. The summed E-state index contributed by atoms with van der Waals surface area (Å²) in [6, 6.07) is 7.83. The van der Waals surface area contributed by atoms with E-state index in [1.54, 1.807) is 18.1 Å². The van der Waals surface area contributed by atoms with Crippen LogP contribution in [0.3, 0.4) is 0 Å². The number of nitrogens with zero attached hydrogens (tertiary/aromatic N) is 2. The zero-order chi connectivity index (χ0) is 16.9. The number of amides is 1. The molecule has 124 valence electrons. The van der Waals surface area contributed by atoms with Gasteiger partial charge in [-0.2, -0.15) is 0 Å². The molecule has 2 aromatic rings. The van der Waals surface area contributed by atoms with Crippen LogP contribution >= 0.6 is 0 Å². The number of aromatic nitrogens is 1. The van der Waals surface area contributed by atoms with Gasteiger partial charge in [0.1, 0.15) is 11.4 Å². The Hall–Kier alpha value is -2.50. The quantitative estimate of drug-likeness (QED) is 0.911. The molecule has 0 unspecified atom stereocenters. The summed E-state index contributed by atoms with van der Waals surface area (Å²) in [5, 5.41) is 3.30. The minimum atomic E-state index is -0.505. The largest absolute Gasteiger partial charge is 0.447 e. The fourth-order valence-electron chi connectivity index (χ4n) is 2.00. The van der Waals surface area contributed by atoms with Crippen molar-refractivity contribution in [3.63, 3.8) is 0 Å². The highest BCUT2D eigenvalue weighted by molar-refractivity contribution is 5.68. The molecule has 1 aromatic carbocycles. The molecule has 23 heavy (non-hydrogen) atoms. The van der Waals surface area contributed by atoms with E-state index in [-0.39, 0.29) is 6.09 Å². The second-order valence-corrected chi connectivity index (χ2v) is 6.31. The zero-order valence-corrected chi connectivity index (χ0v) is 14.0. The topological polar surface area (TPSA) is 67.6 Å². The van der Waals surface area contributed by atoms with Crippen LogP contribution in [-0.4, -0.2) is 28.6 Å². The van der Waals surface area contributed by atoms with Crippen molar-refractivity contribution in [2.45, 2.75) is 39.5 Å². The molecule has 2 rings (SSSR count). The third kappa shape index (κ3) is 5.32. The lowest BCUT2D eigenvalue weighted by Crippen LogP contribution is -2.33. The molecule has 0 fully saturated rings. The number of hydrogen-bond donors (Lipinski definition) is 1. The number of oxazole rings is 1. The third-order valence-electron chi connectivity index (χ3n) is 3.07. The van der Waals surface area contributed by atoms with E-state index in [4.69, 9.17) is 9.15 Å². The second-order valence-electron chi connectivity index (χ2n) is 6.31. The minimum Gasteiger partial charge on any atom is -0.447 e. The molecule has 0 aliphatic heterocycles. The van der Waals surface area contributed by atoms with E-state index in [0.717, 1.165) is 17.0 Å². The third-order valence-corrected chi connectivity index (χ3v) is 3.07. The van der Waals surface area contributed by atoms with Crippen molar-refractivity contribution in [2.24, 2.45) is 0 Å². The van der Waals surface area contributed by atoms with E-state index in [9.17, 15) is 4.79 Å². The first kappa shape index (κ1) is 16.9. The van der Waals surface area contributed by atoms with Crippen LogP contribution in [0.2, 0.25) is 0 Å². The van der Waals surface area contributed by atoms with Gasteiger partial charge in [0.15, 0.2) is 6.39 Å². The van der Waals surface area contributed by atoms with Crippen molar-refractivity contribution in [1.82, 2.24) is 9.88 Å². The molecule has 1 N–H and O–H groups in total. The van der Waals surface area contributed by atoms with Crippen LogP contribution in [0, 0.1) is 0 Å². The fourth-order valence-corrected chi connectivity index (χ4v) is 2.00. The van der Waals surface area contributed by atoms with Gasteiger partial charge < -0.3 is 19.4 Å². The normalized spacial score (nSPS) is 11.1. The number of nitrogens with one attached hydrogen (secondary N) is 1. The number of ether oxygens (including phenoxy) is 1. The van der Waals surface area contributed by atoms with Gasteiger partial charge >= 0.3 is 6.09 Å². The van der Waals surface area contributed by atoms with Gasteiger partial charge in [0.2, 0.25) is 0 Å². The number of benzene rings is 1. The van der Waals surface area contributed by atoms with E-state index >= 15 is 0 Å².